The van der Waals surface area contributed by atoms with Gasteiger partial charge in [-0.15, -0.1) is 0 Å². The average molecular weight is 1210 g/mol. The van der Waals surface area contributed by atoms with Crippen LogP contribution in [0.2, 0.25) is 0 Å². The zero-order chi connectivity index (χ0) is 64.8. The fourth-order valence-corrected chi connectivity index (χ4v) is 9.13. The molecule has 9 amide bonds. The molecule has 26 nitrogen and oxygen atoms in total. The van der Waals surface area contributed by atoms with Crippen LogP contribution >= 0.6 is 0 Å². The summed E-state index contributed by atoms with van der Waals surface area (Å²) in [6.45, 7) is 11.0. The lowest BCUT2D eigenvalue weighted by Gasteiger charge is -2.30. The molecule has 0 unspecified atom stereocenters. The molecule has 0 saturated carbocycles. The quantitative estimate of drug-likeness (QED) is 0.0202. The van der Waals surface area contributed by atoms with Crippen molar-refractivity contribution >= 4 is 65.1 Å². The van der Waals surface area contributed by atoms with Gasteiger partial charge < -0.3 is 81.4 Å². The number of aromatic hydroxyl groups is 1. The Balaban J connectivity index is 2.01. The molecule has 0 radical (unpaired) electrons. The third-order valence-electron chi connectivity index (χ3n) is 14.4. The molecule has 3 aromatic rings. The molecule has 0 fully saturated rings. The molecule has 10 atom stereocenters. The molecule has 3 aromatic carbocycles. The number of unbranched alkanes of at least 4 members (excludes halogenated alkanes) is 1. The predicted molar refractivity (Wildman–Crippen MR) is 328 cm³/mol. The summed E-state index contributed by atoms with van der Waals surface area (Å²) in [7, 11) is 0. The zero-order valence-corrected chi connectivity index (χ0v) is 50.7. The summed E-state index contributed by atoms with van der Waals surface area (Å²) in [5.41, 5.74) is 30.0. The van der Waals surface area contributed by atoms with Crippen LogP contribution in [0.5, 0.6) is 5.75 Å². The summed E-state index contributed by atoms with van der Waals surface area (Å²) in [4.78, 5) is 142. The molecule has 0 saturated heterocycles. The summed E-state index contributed by atoms with van der Waals surface area (Å²) in [6.07, 6.45) is 0.504. The molecule has 20 N–H and O–H groups in total. The Hall–Kier alpha value is -8.65. The number of nitrogens with zero attached hydrogens (tertiary/aromatic N) is 1. The van der Waals surface area contributed by atoms with Crippen molar-refractivity contribution in [3.8, 4) is 5.75 Å². The van der Waals surface area contributed by atoms with Gasteiger partial charge >= 0.3 is 5.97 Å². The van der Waals surface area contributed by atoms with E-state index in [0.717, 1.165) is 0 Å². The number of carbonyl (C=O) groups excluding carboxylic acids is 9. The number of carboxylic acids is 1. The summed E-state index contributed by atoms with van der Waals surface area (Å²) < 4.78 is 0. The van der Waals surface area contributed by atoms with E-state index >= 15 is 0 Å². The van der Waals surface area contributed by atoms with Gasteiger partial charge in [0.15, 0.2) is 5.96 Å². The minimum absolute atomic E-state index is 0.0225. The number of aliphatic carboxylic acids is 1. The van der Waals surface area contributed by atoms with E-state index in [-0.39, 0.29) is 94.4 Å². The van der Waals surface area contributed by atoms with Crippen LogP contribution in [0.25, 0.3) is 0 Å². The lowest BCUT2D eigenvalue weighted by molar-refractivity contribution is -0.142. The van der Waals surface area contributed by atoms with E-state index in [1.807, 2.05) is 0 Å². The van der Waals surface area contributed by atoms with Gasteiger partial charge in [0, 0.05) is 32.2 Å². The highest BCUT2D eigenvalue weighted by molar-refractivity contribution is 5.98. The lowest BCUT2D eigenvalue weighted by atomic mass is 9.96. The third-order valence-corrected chi connectivity index (χ3v) is 14.4. The van der Waals surface area contributed by atoms with Crippen molar-refractivity contribution in [2.75, 3.05) is 13.1 Å². The Labute approximate surface area is 508 Å². The SMILES string of the molecule is CC[C@H](C)[C@H](NC(=O)[C@H](Cc1ccccc1)NC(=O)[C@H](CCCN=C(N)N)NC(=O)[C@@H](N)C(C)C)C(=O)N[C@@H](CCCCN)C(=O)N[C@@H](Cc1ccccc1)C(=O)N[C@@H](CC(C)C)C(=O)N[C@@H](Cc1ccc(O)cc1)C(=O)N[C@@H](CCC(N)=O)C(=O)O. The van der Waals surface area contributed by atoms with Crippen LogP contribution in [0.15, 0.2) is 89.9 Å². The van der Waals surface area contributed by atoms with Crippen molar-refractivity contribution in [3.05, 3.63) is 102 Å². The standard InChI is InChI=1S/C61H92N14O12/c1-7-37(6)51(75-57(83)48(33-39-19-12-9-13-20-39)73-53(79)43(22-16-30-67-61(65)66)68-58(84)50(64)36(4)5)59(85)69-42(21-14-15-29-62)52(78)72-46(32-38-17-10-8-11-18-38)56(82)71-45(31-35(2)3)54(80)74-47(34-40-23-25-41(76)26-24-40)55(81)70-44(60(86)87)27-28-49(63)77/h8-13,17-20,23-26,35-37,42-48,50-51,76H,7,14-16,21-22,27-34,62,64H2,1-6H3,(H2,63,77)(H,68,84)(H,69,85)(H,70,81)(H,71,82)(H,72,78)(H,73,79)(H,74,80)(H,75,83)(H,86,87)(H4,65,66,67)/t37-,42-,43-,44-,45-,46-,47-,48-,50-,51-/m0/s1. The smallest absolute Gasteiger partial charge is 0.326 e. The molecule has 26 heteroatoms. The first-order chi connectivity index (χ1) is 41.2. The number of phenolic OH excluding ortho intramolecular Hbond substituents is 1. The fourth-order valence-electron chi connectivity index (χ4n) is 9.13. The van der Waals surface area contributed by atoms with Crippen molar-refractivity contribution in [2.24, 2.45) is 51.4 Å². The van der Waals surface area contributed by atoms with Crippen molar-refractivity contribution < 1.29 is 58.2 Å². The summed E-state index contributed by atoms with van der Waals surface area (Å²) in [6, 6.07) is 11.4. The maximum absolute atomic E-state index is 14.7. The molecule has 0 aliphatic rings. The number of carboxylic acid groups (broad SMARTS) is 1. The number of benzene rings is 3. The van der Waals surface area contributed by atoms with Crippen LogP contribution < -0.4 is 71.2 Å². The number of nitrogens with two attached hydrogens (primary N) is 5. The maximum atomic E-state index is 14.7. The van der Waals surface area contributed by atoms with Gasteiger partial charge in [-0.3, -0.25) is 48.1 Å². The number of guanidine groups is 1. The number of amides is 9. The van der Waals surface area contributed by atoms with Gasteiger partial charge in [-0.2, -0.15) is 0 Å². The second-order valence-corrected chi connectivity index (χ2v) is 22.5. The highest BCUT2D eigenvalue weighted by atomic mass is 16.4. The van der Waals surface area contributed by atoms with Gasteiger partial charge in [-0.05, 0) is 98.1 Å². The van der Waals surface area contributed by atoms with Crippen LogP contribution in [0.4, 0.5) is 0 Å². The van der Waals surface area contributed by atoms with E-state index in [9.17, 15) is 58.2 Å². The van der Waals surface area contributed by atoms with Crippen LogP contribution in [-0.4, -0.2) is 143 Å². The van der Waals surface area contributed by atoms with Crippen LogP contribution in [0.3, 0.4) is 0 Å². The Morgan fingerprint density at radius 1 is 0.494 bits per heavy atom. The molecule has 87 heavy (non-hydrogen) atoms. The average Bonchev–Trinajstić information content (AvgIpc) is 3.60. The second-order valence-electron chi connectivity index (χ2n) is 22.5. The molecular weight excluding hydrogens is 1120 g/mol. The number of nitrogens with one attached hydrogen (secondary N) is 8. The molecule has 0 aromatic heterocycles. The number of phenols is 1. The molecule has 0 heterocycles. The summed E-state index contributed by atoms with van der Waals surface area (Å²) in [5, 5.41) is 41.5. The van der Waals surface area contributed by atoms with Crippen LogP contribution in [-0.2, 0) is 67.2 Å². The first-order valence-electron chi connectivity index (χ1n) is 29.5. The minimum atomic E-state index is -1.56. The Kier molecular flexibility index (Phi) is 31.5. The highest BCUT2D eigenvalue weighted by Gasteiger charge is 2.37. The zero-order valence-electron chi connectivity index (χ0n) is 50.7. The Morgan fingerprint density at radius 3 is 1.34 bits per heavy atom. The molecule has 0 spiro atoms. The van der Waals surface area contributed by atoms with Gasteiger partial charge in [-0.25, -0.2) is 4.79 Å². The first-order valence-corrected chi connectivity index (χ1v) is 29.5. The van der Waals surface area contributed by atoms with Crippen LogP contribution in [0, 0.1) is 17.8 Å². The number of hydrogen-bond acceptors (Lipinski definition) is 14. The third kappa shape index (κ3) is 26.7. The van der Waals surface area contributed by atoms with Crippen molar-refractivity contribution in [1.82, 2.24) is 42.5 Å². The number of rotatable bonds is 39. The maximum Gasteiger partial charge on any atom is 0.326 e. The fraction of sp³-hybridized carbons (Fsp3) is 0.525. The topological polar surface area (TPSA) is 450 Å². The van der Waals surface area contributed by atoms with E-state index in [0.29, 0.717) is 36.0 Å². The van der Waals surface area contributed by atoms with Gasteiger partial charge in [0.25, 0.3) is 0 Å². The molecule has 478 valence electrons. The van der Waals surface area contributed by atoms with E-state index in [1.54, 1.807) is 102 Å². The second kappa shape index (κ2) is 37.7. The largest absolute Gasteiger partial charge is 0.508 e. The highest BCUT2D eigenvalue weighted by Crippen LogP contribution is 2.17. The van der Waals surface area contributed by atoms with Gasteiger partial charge in [0.1, 0.15) is 54.1 Å². The molecular formula is C61H92N14O12. The van der Waals surface area contributed by atoms with Crippen molar-refractivity contribution in [1.29, 1.82) is 0 Å². The number of aliphatic imine (C=N–C) groups is 1. The van der Waals surface area contributed by atoms with E-state index in [2.05, 4.69) is 47.5 Å². The van der Waals surface area contributed by atoms with Gasteiger partial charge in [0.05, 0.1) is 6.04 Å². The van der Waals surface area contributed by atoms with Crippen molar-refractivity contribution in [3.63, 3.8) is 0 Å². The van der Waals surface area contributed by atoms with E-state index in [4.69, 9.17) is 28.7 Å². The minimum Gasteiger partial charge on any atom is -0.508 e. The normalized spacial score (nSPS) is 14.6. The molecule has 0 aliphatic carbocycles. The molecule has 0 aliphatic heterocycles. The first kappa shape index (κ1) is 72.6. The number of primary amides is 1. The van der Waals surface area contributed by atoms with Crippen molar-refractivity contribution in [2.45, 2.75) is 173 Å². The number of hydrogen-bond donors (Lipinski definition) is 15. The van der Waals surface area contributed by atoms with E-state index < -0.39 is 119 Å². The lowest BCUT2D eigenvalue weighted by Crippen LogP contribution is -2.61. The van der Waals surface area contributed by atoms with E-state index in [1.165, 1.54) is 24.3 Å². The Morgan fingerprint density at radius 2 is 0.908 bits per heavy atom. The monoisotopic (exact) mass is 1210 g/mol. The molecule has 0 bridgehead atoms. The molecule has 3 rings (SSSR count). The van der Waals surface area contributed by atoms with Gasteiger partial charge in [-0.1, -0.05) is 121 Å². The van der Waals surface area contributed by atoms with Crippen LogP contribution in [0.1, 0.15) is 116 Å². The van der Waals surface area contributed by atoms with Gasteiger partial charge in [0.2, 0.25) is 53.2 Å². The predicted octanol–water partition coefficient (Wildman–Crippen LogP) is -0.0933. The Bertz CT molecular complexity index is 2750. The number of carbonyl (C=O) groups is 10. The summed E-state index contributed by atoms with van der Waals surface area (Å²) in [5.74, 6) is -9.73. The summed E-state index contributed by atoms with van der Waals surface area (Å²) >= 11 is 0.